The Morgan fingerprint density at radius 1 is 1.55 bits per heavy atom. The van der Waals surface area contributed by atoms with Gasteiger partial charge in [-0.3, -0.25) is 0 Å². The second kappa shape index (κ2) is 4.52. The fourth-order valence-corrected chi connectivity index (χ4v) is 1.39. The van der Waals surface area contributed by atoms with Crippen molar-refractivity contribution in [3.63, 3.8) is 0 Å². The lowest BCUT2D eigenvalue weighted by Gasteiger charge is -2.06. The van der Waals surface area contributed by atoms with Gasteiger partial charge in [-0.15, -0.1) is 0 Å². The van der Waals surface area contributed by atoms with Crippen molar-refractivity contribution in [1.29, 1.82) is 0 Å². The van der Waals surface area contributed by atoms with Crippen molar-refractivity contribution < 1.29 is 9.78 Å². The molecule has 11 heavy (non-hydrogen) atoms. The number of allylic oxidation sites excluding steroid dienone is 1. The standard InChI is InChI=1S/C9H16O2/c1-3-10-11-7-9-5-4-8(2)6-9/h9H,2-7H2,1H3/t9-/m1/s1. The molecule has 0 aromatic carbocycles. The molecular formula is C9H16O2. The van der Waals surface area contributed by atoms with Crippen molar-refractivity contribution in [2.24, 2.45) is 5.92 Å². The van der Waals surface area contributed by atoms with E-state index in [9.17, 15) is 0 Å². The molecule has 2 heteroatoms. The van der Waals surface area contributed by atoms with Crippen molar-refractivity contribution in [1.82, 2.24) is 0 Å². The fraction of sp³-hybridized carbons (Fsp3) is 0.778. The van der Waals surface area contributed by atoms with E-state index < -0.39 is 0 Å². The molecule has 0 heterocycles. The Labute approximate surface area is 68.1 Å². The van der Waals surface area contributed by atoms with Crippen LogP contribution in [-0.4, -0.2) is 13.2 Å². The third kappa shape index (κ3) is 3.04. The highest BCUT2D eigenvalue weighted by atomic mass is 17.2. The second-order valence-corrected chi connectivity index (χ2v) is 3.05. The van der Waals surface area contributed by atoms with Crippen LogP contribution in [0.2, 0.25) is 0 Å². The zero-order chi connectivity index (χ0) is 8.10. The molecule has 0 aromatic rings. The fourth-order valence-electron chi connectivity index (χ4n) is 1.39. The maximum atomic E-state index is 4.97. The van der Waals surface area contributed by atoms with Gasteiger partial charge in [0, 0.05) is 0 Å². The first-order valence-electron chi connectivity index (χ1n) is 4.24. The molecule has 64 valence electrons. The smallest absolute Gasteiger partial charge is 0.0853 e. The van der Waals surface area contributed by atoms with Crippen LogP contribution in [0.15, 0.2) is 12.2 Å². The van der Waals surface area contributed by atoms with Crippen LogP contribution in [0.1, 0.15) is 26.2 Å². The van der Waals surface area contributed by atoms with Gasteiger partial charge in [0.15, 0.2) is 0 Å². The number of rotatable bonds is 4. The Morgan fingerprint density at radius 2 is 2.36 bits per heavy atom. The Hall–Kier alpha value is -0.340. The van der Waals surface area contributed by atoms with E-state index in [1.807, 2.05) is 6.92 Å². The van der Waals surface area contributed by atoms with E-state index >= 15 is 0 Å². The van der Waals surface area contributed by atoms with Gasteiger partial charge in [-0.2, -0.15) is 0 Å². The second-order valence-electron chi connectivity index (χ2n) is 3.05. The van der Waals surface area contributed by atoms with Crippen LogP contribution in [0.4, 0.5) is 0 Å². The minimum Gasteiger partial charge on any atom is -0.237 e. The number of hydrogen-bond acceptors (Lipinski definition) is 2. The van der Waals surface area contributed by atoms with Gasteiger partial charge in [-0.1, -0.05) is 12.2 Å². The van der Waals surface area contributed by atoms with Crippen LogP contribution in [-0.2, 0) is 9.78 Å². The van der Waals surface area contributed by atoms with Crippen molar-refractivity contribution >= 4 is 0 Å². The third-order valence-corrected chi connectivity index (χ3v) is 1.99. The minimum atomic E-state index is 0.633. The first kappa shape index (κ1) is 8.75. The molecule has 1 saturated carbocycles. The first-order chi connectivity index (χ1) is 5.33. The zero-order valence-electron chi connectivity index (χ0n) is 7.14. The molecule has 0 saturated heterocycles. The normalized spacial score (nSPS) is 24.5. The van der Waals surface area contributed by atoms with Crippen molar-refractivity contribution in [2.75, 3.05) is 13.2 Å². The topological polar surface area (TPSA) is 18.5 Å². The SMILES string of the molecule is C=C1CC[C@@H](COOCC)C1. The predicted molar refractivity (Wildman–Crippen MR) is 44.1 cm³/mol. The maximum absolute atomic E-state index is 4.97. The Kier molecular flexibility index (Phi) is 3.60. The summed E-state index contributed by atoms with van der Waals surface area (Å²) >= 11 is 0. The molecule has 1 fully saturated rings. The Balaban J connectivity index is 2.04. The van der Waals surface area contributed by atoms with Gasteiger partial charge in [0.2, 0.25) is 0 Å². The molecule has 0 spiro atoms. The van der Waals surface area contributed by atoms with Crippen LogP contribution in [0.5, 0.6) is 0 Å². The molecule has 1 aliphatic rings. The average molecular weight is 156 g/mol. The van der Waals surface area contributed by atoms with Crippen LogP contribution < -0.4 is 0 Å². The predicted octanol–water partition coefficient (Wildman–Crippen LogP) is 2.31. The summed E-state index contributed by atoms with van der Waals surface area (Å²) in [5.41, 5.74) is 1.36. The summed E-state index contributed by atoms with van der Waals surface area (Å²) in [5.74, 6) is 0.647. The summed E-state index contributed by atoms with van der Waals surface area (Å²) in [4.78, 5) is 9.77. The molecular weight excluding hydrogens is 140 g/mol. The Bertz CT molecular complexity index is 132. The van der Waals surface area contributed by atoms with Crippen molar-refractivity contribution in [3.8, 4) is 0 Å². The lowest BCUT2D eigenvalue weighted by atomic mass is 10.1. The van der Waals surface area contributed by atoms with Gasteiger partial charge >= 0.3 is 0 Å². The molecule has 0 amide bonds. The molecule has 0 radical (unpaired) electrons. The van der Waals surface area contributed by atoms with E-state index in [1.165, 1.54) is 18.4 Å². The van der Waals surface area contributed by atoms with E-state index in [0.717, 1.165) is 13.0 Å². The highest BCUT2D eigenvalue weighted by Gasteiger charge is 2.17. The largest absolute Gasteiger partial charge is 0.237 e. The van der Waals surface area contributed by atoms with Crippen molar-refractivity contribution in [3.05, 3.63) is 12.2 Å². The lowest BCUT2D eigenvalue weighted by Crippen LogP contribution is -2.05. The van der Waals surface area contributed by atoms with Gasteiger partial charge < -0.3 is 0 Å². The van der Waals surface area contributed by atoms with Gasteiger partial charge in [0.05, 0.1) is 13.2 Å². The van der Waals surface area contributed by atoms with E-state index in [4.69, 9.17) is 9.78 Å². The summed E-state index contributed by atoms with van der Waals surface area (Å²) < 4.78 is 0. The molecule has 0 aromatic heterocycles. The summed E-state index contributed by atoms with van der Waals surface area (Å²) in [7, 11) is 0. The summed E-state index contributed by atoms with van der Waals surface area (Å²) in [5, 5.41) is 0. The van der Waals surface area contributed by atoms with Crippen LogP contribution in [0.3, 0.4) is 0 Å². The first-order valence-corrected chi connectivity index (χ1v) is 4.24. The molecule has 0 bridgehead atoms. The van der Waals surface area contributed by atoms with Gasteiger partial charge in [-0.25, -0.2) is 9.78 Å². The summed E-state index contributed by atoms with van der Waals surface area (Å²) in [6.45, 7) is 7.22. The van der Waals surface area contributed by atoms with E-state index in [0.29, 0.717) is 12.5 Å². The van der Waals surface area contributed by atoms with Crippen LogP contribution in [0, 0.1) is 5.92 Å². The molecule has 0 N–H and O–H groups in total. The highest BCUT2D eigenvalue weighted by Crippen LogP contribution is 2.28. The van der Waals surface area contributed by atoms with Crippen molar-refractivity contribution in [2.45, 2.75) is 26.2 Å². The highest BCUT2D eigenvalue weighted by molar-refractivity contribution is 5.01. The minimum absolute atomic E-state index is 0.633. The molecule has 2 nitrogen and oxygen atoms in total. The molecule has 0 aliphatic heterocycles. The molecule has 1 atom stereocenters. The van der Waals surface area contributed by atoms with Gasteiger partial charge in [0.25, 0.3) is 0 Å². The molecule has 1 aliphatic carbocycles. The third-order valence-electron chi connectivity index (χ3n) is 1.99. The lowest BCUT2D eigenvalue weighted by molar-refractivity contribution is -0.297. The van der Waals surface area contributed by atoms with Crippen LogP contribution >= 0.6 is 0 Å². The number of hydrogen-bond donors (Lipinski definition) is 0. The van der Waals surface area contributed by atoms with E-state index in [1.54, 1.807) is 0 Å². The maximum Gasteiger partial charge on any atom is 0.0853 e. The van der Waals surface area contributed by atoms with Crippen LogP contribution in [0.25, 0.3) is 0 Å². The summed E-state index contributed by atoms with van der Waals surface area (Å²) in [6.07, 6.45) is 3.50. The Morgan fingerprint density at radius 3 is 2.91 bits per heavy atom. The van der Waals surface area contributed by atoms with Gasteiger partial charge in [-0.05, 0) is 32.1 Å². The van der Waals surface area contributed by atoms with Gasteiger partial charge in [0.1, 0.15) is 0 Å². The summed E-state index contributed by atoms with van der Waals surface area (Å²) in [6, 6.07) is 0. The quantitative estimate of drug-likeness (QED) is 0.269. The van der Waals surface area contributed by atoms with E-state index in [-0.39, 0.29) is 0 Å². The average Bonchev–Trinajstić information content (AvgIpc) is 2.37. The monoisotopic (exact) mass is 156 g/mol. The molecule has 0 unspecified atom stereocenters. The zero-order valence-corrected chi connectivity index (χ0v) is 7.14. The van der Waals surface area contributed by atoms with E-state index in [2.05, 4.69) is 6.58 Å². The molecule has 1 rings (SSSR count).